The Morgan fingerprint density at radius 2 is 1.91 bits per heavy atom. The fourth-order valence-electron chi connectivity index (χ4n) is 2.96. The van der Waals surface area contributed by atoms with Gasteiger partial charge in [0.15, 0.2) is 14.6 Å². The molecule has 3 rings (SSSR count). The number of carbonyl (C=O) groups excluding carboxylic acids is 2. The Morgan fingerprint density at radius 1 is 1.19 bits per heavy atom. The third-order valence-corrected chi connectivity index (χ3v) is 7.79. The number of hydrogen-bond acceptors (Lipinski definition) is 6. The second-order valence-electron chi connectivity index (χ2n) is 6.77. The summed E-state index contributed by atoms with van der Waals surface area (Å²) in [6, 6.07) is 10.1. The van der Waals surface area contributed by atoms with Crippen molar-refractivity contribution in [3.8, 4) is 0 Å². The van der Waals surface area contributed by atoms with Crippen LogP contribution in [0, 0.1) is 5.82 Å². The third kappa shape index (κ3) is 6.11. The van der Waals surface area contributed by atoms with E-state index in [4.69, 9.17) is 4.74 Å². The molecule has 0 saturated heterocycles. The molecule has 3 aromatic rings. The quantitative estimate of drug-likeness (QED) is 0.318. The van der Waals surface area contributed by atoms with Crippen LogP contribution in [0.2, 0.25) is 0 Å². The van der Waals surface area contributed by atoms with Crippen LogP contribution in [0.1, 0.15) is 19.8 Å². The Hall–Kier alpha value is -2.37. The highest BCUT2D eigenvalue weighted by molar-refractivity contribution is 9.10. The Morgan fingerprint density at radius 3 is 2.59 bits per heavy atom. The number of aromatic nitrogens is 1. The summed E-state index contributed by atoms with van der Waals surface area (Å²) < 4.78 is 46.0. The second kappa shape index (κ2) is 10.5. The van der Waals surface area contributed by atoms with Crippen LogP contribution in [0.15, 0.2) is 56.8 Å². The summed E-state index contributed by atoms with van der Waals surface area (Å²) in [7, 11) is -3.63. The van der Waals surface area contributed by atoms with Crippen molar-refractivity contribution in [1.82, 2.24) is 4.57 Å². The molecular formula is C21H20BrFN2O5S2. The summed E-state index contributed by atoms with van der Waals surface area (Å²) in [5.41, 5.74) is 0.733. The van der Waals surface area contributed by atoms with Gasteiger partial charge < -0.3 is 9.30 Å². The Kier molecular flexibility index (Phi) is 7.96. The number of esters is 1. The molecule has 0 aliphatic carbocycles. The Bertz CT molecular complexity index is 1310. The highest BCUT2D eigenvalue weighted by Crippen LogP contribution is 2.22. The fraction of sp³-hybridized carbons (Fsp3) is 0.286. The lowest BCUT2D eigenvalue weighted by molar-refractivity contribution is -0.143. The van der Waals surface area contributed by atoms with Crippen LogP contribution in [-0.4, -0.2) is 37.2 Å². The number of carbonyl (C=O) groups is 2. The first kappa shape index (κ1) is 24.3. The molecule has 0 unspecified atom stereocenters. The summed E-state index contributed by atoms with van der Waals surface area (Å²) >= 11 is 4.65. The van der Waals surface area contributed by atoms with E-state index < -0.39 is 27.5 Å². The molecule has 0 saturated carbocycles. The largest absolute Gasteiger partial charge is 0.465 e. The Labute approximate surface area is 196 Å². The minimum absolute atomic E-state index is 0.00523. The summed E-state index contributed by atoms with van der Waals surface area (Å²) in [5.74, 6) is -1.73. The molecule has 0 atom stereocenters. The molecule has 1 aromatic heterocycles. The number of rotatable bonds is 8. The summed E-state index contributed by atoms with van der Waals surface area (Å²) in [5, 5.41) is 0. The topological polar surface area (TPSA) is 94.8 Å². The van der Waals surface area contributed by atoms with Gasteiger partial charge in [-0.3, -0.25) is 9.59 Å². The number of sulfone groups is 1. The van der Waals surface area contributed by atoms with Crippen molar-refractivity contribution in [1.29, 1.82) is 0 Å². The molecule has 0 radical (unpaired) electrons. The van der Waals surface area contributed by atoms with Crippen LogP contribution < -0.4 is 4.80 Å². The van der Waals surface area contributed by atoms with Gasteiger partial charge in [-0.1, -0.05) is 27.3 Å². The molecule has 170 valence electrons. The number of halogens is 2. The van der Waals surface area contributed by atoms with Gasteiger partial charge >= 0.3 is 5.97 Å². The summed E-state index contributed by atoms with van der Waals surface area (Å²) in [6.07, 6.45) is -0.0197. The molecule has 11 heteroatoms. The molecule has 0 spiro atoms. The number of benzene rings is 2. The molecule has 32 heavy (non-hydrogen) atoms. The van der Waals surface area contributed by atoms with Crippen LogP contribution in [0.4, 0.5) is 4.39 Å². The maximum Gasteiger partial charge on any atom is 0.326 e. The first-order valence-corrected chi connectivity index (χ1v) is 13.0. The van der Waals surface area contributed by atoms with E-state index in [0.717, 1.165) is 26.8 Å². The van der Waals surface area contributed by atoms with Gasteiger partial charge in [0.1, 0.15) is 12.4 Å². The molecule has 7 nitrogen and oxygen atoms in total. The normalized spacial score (nSPS) is 12.3. The van der Waals surface area contributed by atoms with E-state index in [-0.39, 0.29) is 36.6 Å². The standard InChI is InChI=1S/C21H20BrFN2O5S2/c1-2-30-20(27)13-25-17-10-5-14(22)12-18(17)31-21(25)24-19(26)4-3-11-32(28,29)16-8-6-15(23)7-9-16/h5-10,12H,2-4,11,13H2,1H3. The zero-order chi connectivity index (χ0) is 23.3. The summed E-state index contributed by atoms with van der Waals surface area (Å²) in [4.78, 5) is 28.9. The molecule has 0 N–H and O–H groups in total. The van der Waals surface area contributed by atoms with E-state index >= 15 is 0 Å². The van der Waals surface area contributed by atoms with Crippen molar-refractivity contribution in [2.75, 3.05) is 12.4 Å². The zero-order valence-electron chi connectivity index (χ0n) is 17.1. The SMILES string of the molecule is CCOC(=O)Cn1c(=NC(=O)CCCS(=O)(=O)c2ccc(F)cc2)sc2cc(Br)ccc21. The van der Waals surface area contributed by atoms with Gasteiger partial charge in [0.05, 0.1) is 27.5 Å². The molecule has 1 heterocycles. The van der Waals surface area contributed by atoms with Crippen molar-refractivity contribution < 1.29 is 27.1 Å². The van der Waals surface area contributed by atoms with E-state index in [1.54, 1.807) is 11.5 Å². The van der Waals surface area contributed by atoms with Crippen LogP contribution >= 0.6 is 27.3 Å². The fourth-order valence-corrected chi connectivity index (χ4v) is 5.87. The number of hydrogen-bond donors (Lipinski definition) is 0. The molecule has 1 amide bonds. The number of nitrogens with zero attached hydrogens (tertiary/aromatic N) is 2. The van der Waals surface area contributed by atoms with Gasteiger partial charge in [-0.25, -0.2) is 12.8 Å². The zero-order valence-corrected chi connectivity index (χ0v) is 20.3. The van der Waals surface area contributed by atoms with Crippen molar-refractivity contribution >= 4 is 59.2 Å². The first-order valence-electron chi connectivity index (χ1n) is 9.70. The molecule has 0 aliphatic rings. The smallest absolute Gasteiger partial charge is 0.326 e. The van der Waals surface area contributed by atoms with Gasteiger partial charge in [-0.05, 0) is 55.8 Å². The average Bonchev–Trinajstić information content (AvgIpc) is 3.04. The number of ether oxygens (including phenoxy) is 1. The lowest BCUT2D eigenvalue weighted by atomic mass is 10.3. The highest BCUT2D eigenvalue weighted by atomic mass is 79.9. The molecule has 0 bridgehead atoms. The van der Waals surface area contributed by atoms with Crippen molar-refractivity contribution in [2.24, 2.45) is 4.99 Å². The summed E-state index contributed by atoms with van der Waals surface area (Å²) in [6.45, 7) is 1.85. The van der Waals surface area contributed by atoms with E-state index in [0.29, 0.717) is 4.80 Å². The van der Waals surface area contributed by atoms with Crippen molar-refractivity contribution in [2.45, 2.75) is 31.2 Å². The number of thiazole rings is 1. The lowest BCUT2D eigenvalue weighted by Gasteiger charge is -2.05. The van der Waals surface area contributed by atoms with E-state index in [2.05, 4.69) is 20.9 Å². The molecule has 0 aliphatic heterocycles. The molecule has 2 aromatic carbocycles. The second-order valence-corrected chi connectivity index (χ2v) is 10.8. The van der Waals surface area contributed by atoms with Gasteiger partial charge in [0, 0.05) is 10.9 Å². The highest BCUT2D eigenvalue weighted by Gasteiger charge is 2.16. The lowest BCUT2D eigenvalue weighted by Crippen LogP contribution is -2.23. The van der Waals surface area contributed by atoms with Crippen molar-refractivity contribution in [3.05, 3.63) is 57.6 Å². The van der Waals surface area contributed by atoms with Crippen LogP contribution in [0.5, 0.6) is 0 Å². The van der Waals surface area contributed by atoms with Crippen molar-refractivity contribution in [3.63, 3.8) is 0 Å². The minimum atomic E-state index is -3.63. The van der Waals surface area contributed by atoms with E-state index in [1.807, 2.05) is 18.2 Å². The maximum absolute atomic E-state index is 13.0. The predicted molar refractivity (Wildman–Crippen MR) is 122 cm³/mol. The Balaban J connectivity index is 1.78. The van der Waals surface area contributed by atoms with Gasteiger partial charge in [-0.15, -0.1) is 0 Å². The minimum Gasteiger partial charge on any atom is -0.465 e. The maximum atomic E-state index is 13.0. The third-order valence-electron chi connectivity index (χ3n) is 4.43. The van der Waals surface area contributed by atoms with Crippen LogP contribution in [0.3, 0.4) is 0 Å². The van der Waals surface area contributed by atoms with Crippen LogP contribution in [0.25, 0.3) is 10.2 Å². The first-order chi connectivity index (χ1) is 15.2. The monoisotopic (exact) mass is 542 g/mol. The van der Waals surface area contributed by atoms with E-state index in [9.17, 15) is 22.4 Å². The van der Waals surface area contributed by atoms with Crippen LogP contribution in [-0.2, 0) is 30.7 Å². The average molecular weight is 543 g/mol. The van der Waals surface area contributed by atoms with E-state index in [1.165, 1.54) is 23.5 Å². The number of amides is 1. The van der Waals surface area contributed by atoms with Gasteiger partial charge in [-0.2, -0.15) is 4.99 Å². The predicted octanol–water partition coefficient (Wildman–Crippen LogP) is 3.85. The molecular weight excluding hydrogens is 523 g/mol. The van der Waals surface area contributed by atoms with Gasteiger partial charge in [0.25, 0.3) is 0 Å². The number of fused-ring (bicyclic) bond motifs is 1. The molecule has 0 fully saturated rings. The van der Waals surface area contributed by atoms with Gasteiger partial charge in [0.2, 0.25) is 5.91 Å².